The fourth-order valence-electron chi connectivity index (χ4n) is 9.27. The van der Waals surface area contributed by atoms with E-state index in [4.69, 9.17) is 47.4 Å². The number of aryl methyl sites for hydroxylation is 1. The number of carbonyl (C=O) groups is 6. The van der Waals surface area contributed by atoms with Crippen molar-refractivity contribution in [1.29, 1.82) is 0 Å². The van der Waals surface area contributed by atoms with Crippen LogP contribution in [0, 0.1) is 5.92 Å². The van der Waals surface area contributed by atoms with E-state index in [0.29, 0.717) is 6.42 Å². The third kappa shape index (κ3) is 17.5. The van der Waals surface area contributed by atoms with Crippen LogP contribution in [-0.4, -0.2) is 112 Å². The molecule has 0 unspecified atom stereocenters. The summed E-state index contributed by atoms with van der Waals surface area (Å²) in [6.07, 6.45) is -8.94. The van der Waals surface area contributed by atoms with Gasteiger partial charge < -0.3 is 47.4 Å². The zero-order valence-electron chi connectivity index (χ0n) is 46.3. The molecule has 0 radical (unpaired) electrons. The molecule has 7 aromatic carbocycles. The SMILES string of the molecule is COc1ccc(CCCCO[C@@H]2O[C@H](COC(=O)c3ccccc3)[C@@H](O[C@H](C)[C@H](OC(=O)c3ccccc3)[C@@H](OC(=O)c3ccccc3)[C@@H](OC(=O)c3ccccc3)[C@H](C)COC(=O)c3ccccc3)C[C@H]2OC(=O)c2ccccc2)cc1. The third-order valence-corrected chi connectivity index (χ3v) is 13.8. The Morgan fingerprint density at radius 3 is 1.36 bits per heavy atom. The largest absolute Gasteiger partial charge is 0.497 e. The Labute approximate surface area is 482 Å². The van der Waals surface area contributed by atoms with Gasteiger partial charge in [0.1, 0.15) is 24.6 Å². The second-order valence-corrected chi connectivity index (χ2v) is 19.8. The average molecular weight is 1130 g/mol. The predicted molar refractivity (Wildman–Crippen MR) is 305 cm³/mol. The Morgan fingerprint density at radius 1 is 0.470 bits per heavy atom. The lowest BCUT2D eigenvalue weighted by molar-refractivity contribution is -0.284. The average Bonchev–Trinajstić information content (AvgIpc) is 3.72. The minimum atomic E-state index is -1.72. The van der Waals surface area contributed by atoms with E-state index in [1.54, 1.807) is 167 Å². The molecular formula is C67H66O16. The number of rotatable bonds is 27. The monoisotopic (exact) mass is 1130 g/mol. The zero-order valence-corrected chi connectivity index (χ0v) is 46.3. The minimum absolute atomic E-state index is 0.103. The molecule has 0 N–H and O–H groups in total. The number of benzene rings is 7. The molecule has 0 bridgehead atoms. The summed E-state index contributed by atoms with van der Waals surface area (Å²) in [6, 6.07) is 57.0. The number of hydrogen-bond donors (Lipinski definition) is 0. The van der Waals surface area contributed by atoms with Crippen molar-refractivity contribution in [3.05, 3.63) is 245 Å². The molecule has 8 rings (SSSR count). The highest BCUT2D eigenvalue weighted by molar-refractivity contribution is 5.92. The second kappa shape index (κ2) is 30.7. The van der Waals surface area contributed by atoms with E-state index in [1.165, 1.54) is 36.4 Å². The Hall–Kier alpha value is -8.96. The van der Waals surface area contributed by atoms with E-state index in [9.17, 15) is 28.8 Å². The van der Waals surface area contributed by atoms with Gasteiger partial charge in [-0.3, -0.25) is 0 Å². The van der Waals surface area contributed by atoms with Crippen molar-refractivity contribution in [2.24, 2.45) is 5.92 Å². The standard InChI is InChI=1S/C67H66O16/c1-45(43-76-61(68)48-25-10-4-11-26-48)58(81-64(71)51-31-16-7-17-32-51)60(83-66(73)53-35-20-9-21-36-53)59(82-65(72)52-33-18-8-19-34-52)46(2)78-55-42-56(79-63(70)50-29-14-6-15-30-50)67(75-41-23-22-24-47-37-39-54(74-3)40-38-47)80-57(55)44-77-62(69)49-27-12-5-13-28-49/h4-21,25-40,45-46,55-60,67H,22-24,41-44H2,1-3H3/t45-,46-,55+,56-,57-,58+,59+,60+,67-/m1/s1. The van der Waals surface area contributed by atoms with Gasteiger partial charge in [-0.25, -0.2) is 28.8 Å². The molecule has 1 heterocycles. The Kier molecular flexibility index (Phi) is 22.3. The number of esters is 6. The molecular weight excluding hydrogens is 1060 g/mol. The van der Waals surface area contributed by atoms with Gasteiger partial charge in [0, 0.05) is 18.9 Å². The predicted octanol–water partition coefficient (Wildman–Crippen LogP) is 11.2. The summed E-state index contributed by atoms with van der Waals surface area (Å²) in [5, 5.41) is 0. The summed E-state index contributed by atoms with van der Waals surface area (Å²) in [6.45, 7) is 2.60. The van der Waals surface area contributed by atoms with Crippen LogP contribution in [-0.2, 0) is 49.1 Å². The van der Waals surface area contributed by atoms with Crippen LogP contribution in [0.5, 0.6) is 5.75 Å². The molecule has 1 aliphatic rings. The van der Waals surface area contributed by atoms with Crippen LogP contribution in [0.15, 0.2) is 206 Å². The molecule has 0 amide bonds. The van der Waals surface area contributed by atoms with Crippen molar-refractivity contribution in [3.8, 4) is 5.75 Å². The number of ether oxygens (including phenoxy) is 10. The summed E-state index contributed by atoms with van der Waals surface area (Å²) < 4.78 is 62.7. The molecule has 430 valence electrons. The number of methoxy groups -OCH3 is 1. The van der Waals surface area contributed by atoms with E-state index in [2.05, 4.69) is 0 Å². The first-order chi connectivity index (χ1) is 40.4. The molecule has 0 aromatic heterocycles. The minimum Gasteiger partial charge on any atom is -0.497 e. The van der Waals surface area contributed by atoms with E-state index >= 15 is 0 Å². The highest BCUT2D eigenvalue weighted by atomic mass is 16.7. The highest BCUT2D eigenvalue weighted by Crippen LogP contribution is 2.33. The zero-order chi connectivity index (χ0) is 58.3. The van der Waals surface area contributed by atoms with Crippen LogP contribution in [0.2, 0.25) is 0 Å². The molecule has 16 nitrogen and oxygen atoms in total. The van der Waals surface area contributed by atoms with Crippen LogP contribution in [0.4, 0.5) is 0 Å². The lowest BCUT2D eigenvalue weighted by Crippen LogP contribution is -2.57. The van der Waals surface area contributed by atoms with Crippen LogP contribution in [0.25, 0.3) is 0 Å². The quantitative estimate of drug-likeness (QED) is 0.0268. The maximum atomic E-state index is 14.5. The Morgan fingerprint density at radius 2 is 0.892 bits per heavy atom. The van der Waals surface area contributed by atoms with Crippen LogP contribution in [0.1, 0.15) is 101 Å². The van der Waals surface area contributed by atoms with Gasteiger partial charge in [-0.2, -0.15) is 0 Å². The summed E-state index contributed by atoms with van der Waals surface area (Å²) in [5.74, 6) is -4.85. The van der Waals surface area contributed by atoms with Gasteiger partial charge in [0.05, 0.1) is 59.3 Å². The molecule has 1 fully saturated rings. The Balaban J connectivity index is 1.16. The van der Waals surface area contributed by atoms with Crippen LogP contribution >= 0.6 is 0 Å². The maximum Gasteiger partial charge on any atom is 0.338 e. The van der Waals surface area contributed by atoms with Gasteiger partial charge in [-0.1, -0.05) is 128 Å². The van der Waals surface area contributed by atoms with Gasteiger partial charge in [0.15, 0.2) is 24.6 Å². The Bertz CT molecular complexity index is 3150. The van der Waals surface area contributed by atoms with Crippen molar-refractivity contribution < 1.29 is 76.1 Å². The highest BCUT2D eigenvalue weighted by Gasteiger charge is 2.48. The van der Waals surface area contributed by atoms with Gasteiger partial charge in [0.2, 0.25) is 0 Å². The molecule has 0 aliphatic carbocycles. The lowest BCUT2D eigenvalue weighted by Gasteiger charge is -2.43. The number of carbonyl (C=O) groups excluding carboxylic acids is 6. The van der Waals surface area contributed by atoms with Gasteiger partial charge in [-0.05, 0) is 117 Å². The summed E-state index contributed by atoms with van der Waals surface area (Å²) in [4.78, 5) is 84.5. The topological polar surface area (TPSA) is 195 Å². The first-order valence-electron chi connectivity index (χ1n) is 27.5. The van der Waals surface area contributed by atoms with Crippen molar-refractivity contribution in [2.75, 3.05) is 26.9 Å². The molecule has 1 aliphatic heterocycles. The van der Waals surface area contributed by atoms with Crippen LogP contribution < -0.4 is 4.74 Å². The van der Waals surface area contributed by atoms with E-state index in [0.717, 1.165) is 24.2 Å². The van der Waals surface area contributed by atoms with Crippen molar-refractivity contribution in [1.82, 2.24) is 0 Å². The first-order valence-corrected chi connectivity index (χ1v) is 27.5. The smallest absolute Gasteiger partial charge is 0.338 e. The van der Waals surface area contributed by atoms with Gasteiger partial charge in [-0.15, -0.1) is 0 Å². The molecule has 83 heavy (non-hydrogen) atoms. The van der Waals surface area contributed by atoms with Crippen LogP contribution in [0.3, 0.4) is 0 Å². The van der Waals surface area contributed by atoms with Gasteiger partial charge in [0.25, 0.3) is 0 Å². The first kappa shape index (κ1) is 60.1. The van der Waals surface area contributed by atoms with Crippen molar-refractivity contribution in [2.45, 2.75) is 88.5 Å². The molecule has 0 spiro atoms. The third-order valence-electron chi connectivity index (χ3n) is 13.8. The van der Waals surface area contributed by atoms with Crippen molar-refractivity contribution in [3.63, 3.8) is 0 Å². The van der Waals surface area contributed by atoms with Crippen molar-refractivity contribution >= 4 is 35.8 Å². The molecule has 0 saturated carbocycles. The second-order valence-electron chi connectivity index (χ2n) is 19.8. The lowest BCUT2D eigenvalue weighted by atomic mass is 9.93. The summed E-state index contributed by atoms with van der Waals surface area (Å²) in [5.41, 5.74) is 2.24. The molecule has 16 heteroatoms. The maximum absolute atomic E-state index is 14.5. The molecule has 7 aromatic rings. The molecule has 1 saturated heterocycles. The van der Waals surface area contributed by atoms with Gasteiger partial charge >= 0.3 is 35.8 Å². The van der Waals surface area contributed by atoms with E-state index in [1.807, 2.05) is 24.3 Å². The van der Waals surface area contributed by atoms with E-state index < -0.39 is 97.4 Å². The van der Waals surface area contributed by atoms with E-state index in [-0.39, 0.29) is 53.0 Å². The molecule has 9 atom stereocenters. The normalized spacial score (nSPS) is 17.4. The summed E-state index contributed by atoms with van der Waals surface area (Å²) in [7, 11) is 1.61. The fraction of sp³-hybridized carbons (Fsp3) is 0.284. The fourth-order valence-corrected chi connectivity index (χ4v) is 9.27. The number of unbranched alkanes of at least 4 members (excludes halogenated alkanes) is 1. The number of hydrogen-bond acceptors (Lipinski definition) is 16. The summed E-state index contributed by atoms with van der Waals surface area (Å²) >= 11 is 0.